The average molecular weight is 261 g/mol. The highest BCUT2D eigenvalue weighted by Crippen LogP contribution is 2.38. The summed E-state index contributed by atoms with van der Waals surface area (Å²) >= 11 is 0. The standard InChI is InChI=1S/C16H23NO2/c1-16(19,12-5-3-2-4-6-12)11-17-13-7-8-14(17)10-15(18)9-13/h2-6,13-15,18-19H,7-11H2,1H3. The van der Waals surface area contributed by atoms with Crippen LogP contribution in [0.15, 0.2) is 30.3 Å². The molecule has 3 nitrogen and oxygen atoms in total. The Hall–Kier alpha value is -0.900. The molecule has 0 spiro atoms. The van der Waals surface area contributed by atoms with E-state index >= 15 is 0 Å². The molecule has 2 fully saturated rings. The second-order valence-corrected chi connectivity index (χ2v) is 6.32. The van der Waals surface area contributed by atoms with Crippen LogP contribution in [-0.2, 0) is 5.60 Å². The molecule has 2 aliphatic heterocycles. The van der Waals surface area contributed by atoms with Crippen LogP contribution < -0.4 is 0 Å². The number of nitrogens with zero attached hydrogens (tertiary/aromatic N) is 1. The zero-order chi connectivity index (χ0) is 13.5. The van der Waals surface area contributed by atoms with E-state index in [-0.39, 0.29) is 6.10 Å². The Morgan fingerprint density at radius 2 is 1.74 bits per heavy atom. The van der Waals surface area contributed by atoms with Crippen molar-refractivity contribution in [3.8, 4) is 0 Å². The smallest absolute Gasteiger partial charge is 0.0995 e. The summed E-state index contributed by atoms with van der Waals surface area (Å²) in [7, 11) is 0. The molecular weight excluding hydrogens is 238 g/mol. The first kappa shape index (κ1) is 13.1. The molecule has 0 aromatic heterocycles. The van der Waals surface area contributed by atoms with Gasteiger partial charge in [0.1, 0.15) is 0 Å². The predicted molar refractivity (Wildman–Crippen MR) is 74.8 cm³/mol. The van der Waals surface area contributed by atoms with Gasteiger partial charge in [-0.3, -0.25) is 4.90 Å². The van der Waals surface area contributed by atoms with Gasteiger partial charge in [-0.15, -0.1) is 0 Å². The fourth-order valence-electron chi connectivity index (χ4n) is 3.75. The molecular formula is C16H23NO2. The Bertz CT molecular complexity index is 418. The third-order valence-electron chi connectivity index (χ3n) is 4.75. The Labute approximate surface area is 114 Å². The lowest BCUT2D eigenvalue weighted by molar-refractivity contribution is -0.0340. The van der Waals surface area contributed by atoms with Crippen LogP contribution in [0.3, 0.4) is 0 Å². The van der Waals surface area contributed by atoms with Crippen LogP contribution in [-0.4, -0.2) is 39.8 Å². The molecule has 2 N–H and O–H groups in total. The lowest BCUT2D eigenvalue weighted by Gasteiger charge is -2.41. The molecule has 3 unspecified atom stereocenters. The van der Waals surface area contributed by atoms with Gasteiger partial charge in [0, 0.05) is 18.6 Å². The fourth-order valence-corrected chi connectivity index (χ4v) is 3.75. The zero-order valence-electron chi connectivity index (χ0n) is 11.5. The van der Waals surface area contributed by atoms with E-state index < -0.39 is 5.60 Å². The molecule has 1 aromatic carbocycles. The van der Waals surface area contributed by atoms with Gasteiger partial charge in [0.2, 0.25) is 0 Å². The molecule has 0 aliphatic carbocycles. The van der Waals surface area contributed by atoms with Gasteiger partial charge >= 0.3 is 0 Å². The largest absolute Gasteiger partial charge is 0.393 e. The van der Waals surface area contributed by atoms with Crippen molar-refractivity contribution in [3.63, 3.8) is 0 Å². The van der Waals surface area contributed by atoms with Gasteiger partial charge in [0.05, 0.1) is 11.7 Å². The molecule has 3 heteroatoms. The minimum atomic E-state index is -0.815. The Morgan fingerprint density at radius 3 is 2.32 bits per heavy atom. The van der Waals surface area contributed by atoms with Crippen molar-refractivity contribution in [2.24, 2.45) is 0 Å². The van der Waals surface area contributed by atoms with Gasteiger partial charge in [-0.25, -0.2) is 0 Å². The van der Waals surface area contributed by atoms with Crippen LogP contribution in [0.1, 0.15) is 38.2 Å². The summed E-state index contributed by atoms with van der Waals surface area (Å²) in [6.07, 6.45) is 3.90. The summed E-state index contributed by atoms with van der Waals surface area (Å²) in [4.78, 5) is 2.42. The molecule has 3 rings (SSSR count). The fraction of sp³-hybridized carbons (Fsp3) is 0.625. The number of aliphatic hydroxyl groups is 2. The molecule has 2 aliphatic rings. The number of piperidine rings is 1. The number of aliphatic hydroxyl groups excluding tert-OH is 1. The Kier molecular flexibility index (Phi) is 3.37. The normalized spacial score (nSPS) is 34.2. The van der Waals surface area contributed by atoms with Crippen molar-refractivity contribution in [1.29, 1.82) is 0 Å². The van der Waals surface area contributed by atoms with Crippen LogP contribution in [0.25, 0.3) is 0 Å². The van der Waals surface area contributed by atoms with Crippen molar-refractivity contribution in [3.05, 3.63) is 35.9 Å². The minimum absolute atomic E-state index is 0.143. The van der Waals surface area contributed by atoms with E-state index in [9.17, 15) is 10.2 Å². The first-order chi connectivity index (χ1) is 9.06. The summed E-state index contributed by atoms with van der Waals surface area (Å²) in [6.45, 7) is 2.56. The number of hydrogen-bond acceptors (Lipinski definition) is 3. The van der Waals surface area contributed by atoms with Gasteiger partial charge in [0.25, 0.3) is 0 Å². The SMILES string of the molecule is CC(O)(CN1C2CCC1CC(O)C2)c1ccccc1. The Morgan fingerprint density at radius 1 is 1.16 bits per heavy atom. The van der Waals surface area contributed by atoms with E-state index in [0.29, 0.717) is 18.6 Å². The van der Waals surface area contributed by atoms with Crippen LogP contribution >= 0.6 is 0 Å². The molecule has 0 amide bonds. The van der Waals surface area contributed by atoms with E-state index in [1.807, 2.05) is 37.3 Å². The van der Waals surface area contributed by atoms with Crippen LogP contribution in [0.2, 0.25) is 0 Å². The highest BCUT2D eigenvalue weighted by atomic mass is 16.3. The van der Waals surface area contributed by atoms with E-state index in [1.54, 1.807) is 0 Å². The van der Waals surface area contributed by atoms with E-state index in [2.05, 4.69) is 4.90 Å². The van der Waals surface area contributed by atoms with Crippen LogP contribution in [0.4, 0.5) is 0 Å². The summed E-state index contributed by atoms with van der Waals surface area (Å²) in [5, 5.41) is 20.6. The highest BCUT2D eigenvalue weighted by molar-refractivity contribution is 5.22. The monoisotopic (exact) mass is 261 g/mol. The number of rotatable bonds is 3. The number of fused-ring (bicyclic) bond motifs is 2. The van der Waals surface area contributed by atoms with Crippen molar-refractivity contribution in [2.75, 3.05) is 6.54 Å². The molecule has 2 saturated heterocycles. The van der Waals surface area contributed by atoms with E-state index in [1.165, 1.54) is 0 Å². The maximum absolute atomic E-state index is 10.8. The van der Waals surface area contributed by atoms with Crippen molar-refractivity contribution in [2.45, 2.75) is 56.4 Å². The molecule has 2 bridgehead atoms. The van der Waals surface area contributed by atoms with Gasteiger partial charge in [-0.1, -0.05) is 30.3 Å². The van der Waals surface area contributed by atoms with Crippen molar-refractivity contribution < 1.29 is 10.2 Å². The van der Waals surface area contributed by atoms with E-state index in [0.717, 1.165) is 31.2 Å². The Balaban J connectivity index is 1.75. The number of benzene rings is 1. The van der Waals surface area contributed by atoms with Gasteiger partial charge in [-0.05, 0) is 38.2 Å². The van der Waals surface area contributed by atoms with Crippen LogP contribution in [0.5, 0.6) is 0 Å². The minimum Gasteiger partial charge on any atom is -0.393 e. The summed E-state index contributed by atoms with van der Waals surface area (Å²) in [5.74, 6) is 0. The highest BCUT2D eigenvalue weighted by Gasteiger charge is 2.42. The summed E-state index contributed by atoms with van der Waals surface area (Å²) < 4.78 is 0. The van der Waals surface area contributed by atoms with Crippen molar-refractivity contribution in [1.82, 2.24) is 4.90 Å². The lowest BCUT2D eigenvalue weighted by atomic mass is 9.92. The molecule has 0 saturated carbocycles. The van der Waals surface area contributed by atoms with Gasteiger partial charge < -0.3 is 10.2 Å². The quantitative estimate of drug-likeness (QED) is 0.873. The third kappa shape index (κ3) is 2.55. The summed E-state index contributed by atoms with van der Waals surface area (Å²) in [6, 6.07) is 10.8. The lowest BCUT2D eigenvalue weighted by Crippen LogP contribution is -2.50. The third-order valence-corrected chi connectivity index (χ3v) is 4.75. The molecule has 0 radical (unpaired) electrons. The van der Waals surface area contributed by atoms with Gasteiger partial charge in [-0.2, -0.15) is 0 Å². The molecule has 3 atom stereocenters. The molecule has 2 heterocycles. The topological polar surface area (TPSA) is 43.7 Å². The zero-order valence-corrected chi connectivity index (χ0v) is 11.5. The number of hydrogen-bond donors (Lipinski definition) is 2. The van der Waals surface area contributed by atoms with E-state index in [4.69, 9.17) is 0 Å². The summed E-state index contributed by atoms with van der Waals surface area (Å²) in [5.41, 5.74) is 0.158. The van der Waals surface area contributed by atoms with Crippen molar-refractivity contribution >= 4 is 0 Å². The molecule has 104 valence electrons. The van der Waals surface area contributed by atoms with Crippen LogP contribution in [0, 0.1) is 0 Å². The first-order valence-corrected chi connectivity index (χ1v) is 7.28. The second-order valence-electron chi connectivity index (χ2n) is 6.32. The first-order valence-electron chi connectivity index (χ1n) is 7.28. The maximum atomic E-state index is 10.8. The second kappa shape index (κ2) is 4.89. The molecule has 19 heavy (non-hydrogen) atoms. The average Bonchev–Trinajstić information content (AvgIpc) is 2.62. The van der Waals surface area contributed by atoms with Gasteiger partial charge in [0.15, 0.2) is 0 Å². The predicted octanol–water partition coefficient (Wildman–Crippen LogP) is 1.88. The maximum Gasteiger partial charge on any atom is 0.0995 e. The molecule has 1 aromatic rings.